The van der Waals surface area contributed by atoms with E-state index in [2.05, 4.69) is 36.3 Å². The van der Waals surface area contributed by atoms with E-state index in [0.717, 1.165) is 5.69 Å². The third-order valence-corrected chi connectivity index (χ3v) is 4.49. The minimum atomic E-state index is 0.146. The van der Waals surface area contributed by atoms with E-state index in [1.807, 2.05) is 6.07 Å². The summed E-state index contributed by atoms with van der Waals surface area (Å²) >= 11 is 9.64. The molecular formula is C18H14BrClN6O2. The van der Waals surface area contributed by atoms with E-state index < -0.39 is 0 Å². The quantitative estimate of drug-likeness (QED) is 0.472. The van der Waals surface area contributed by atoms with Gasteiger partial charge in [0, 0.05) is 12.3 Å². The molecule has 4 rings (SSSR count). The highest BCUT2D eigenvalue weighted by Gasteiger charge is 2.14. The third kappa shape index (κ3) is 4.15. The van der Waals surface area contributed by atoms with Crippen LogP contribution < -0.4 is 4.74 Å². The van der Waals surface area contributed by atoms with Crippen LogP contribution in [0.2, 0.25) is 5.02 Å². The van der Waals surface area contributed by atoms with Gasteiger partial charge in [0.15, 0.2) is 5.82 Å². The molecule has 142 valence electrons. The summed E-state index contributed by atoms with van der Waals surface area (Å²) in [4.78, 5) is 4.30. The number of halogens is 2. The Bertz CT molecular complexity index is 1110. The largest absolute Gasteiger partial charge is 0.508 e. The van der Waals surface area contributed by atoms with Gasteiger partial charge in [-0.2, -0.15) is 5.10 Å². The fraction of sp³-hybridized carbons (Fsp3) is 0.111. The van der Waals surface area contributed by atoms with Gasteiger partial charge in [-0.05, 0) is 46.3 Å². The zero-order chi connectivity index (χ0) is 19.5. The third-order valence-electron chi connectivity index (χ3n) is 3.81. The molecule has 0 spiro atoms. The van der Waals surface area contributed by atoms with E-state index in [0.29, 0.717) is 33.4 Å². The summed E-state index contributed by atoms with van der Waals surface area (Å²) in [5, 5.41) is 22.6. The first-order chi connectivity index (χ1) is 13.6. The minimum absolute atomic E-state index is 0.146. The first kappa shape index (κ1) is 18.5. The first-order valence-electron chi connectivity index (χ1n) is 8.24. The van der Waals surface area contributed by atoms with Crippen molar-refractivity contribution >= 4 is 27.5 Å². The van der Waals surface area contributed by atoms with Crippen LogP contribution >= 0.6 is 27.5 Å². The van der Waals surface area contributed by atoms with Crippen molar-refractivity contribution in [2.24, 2.45) is 0 Å². The maximum Gasteiger partial charge on any atom is 0.172 e. The Morgan fingerprint density at radius 3 is 2.89 bits per heavy atom. The number of hydrogen-bond acceptors (Lipinski definition) is 6. The number of phenolic OH excluding ortho intramolecular Hbond substituents is 1. The average molecular weight is 462 g/mol. The van der Waals surface area contributed by atoms with Crippen molar-refractivity contribution in [3.8, 4) is 17.3 Å². The number of ether oxygens (including phenoxy) is 1. The van der Waals surface area contributed by atoms with E-state index in [9.17, 15) is 5.11 Å². The van der Waals surface area contributed by atoms with Crippen molar-refractivity contribution in [3.05, 3.63) is 75.9 Å². The number of aromatic hydroxyl groups is 1. The molecule has 0 bridgehead atoms. The Balaban J connectivity index is 1.49. The summed E-state index contributed by atoms with van der Waals surface area (Å²) < 4.78 is 9.63. The smallest absolute Gasteiger partial charge is 0.172 e. The summed E-state index contributed by atoms with van der Waals surface area (Å²) in [5.41, 5.74) is 1.49. The van der Waals surface area contributed by atoms with E-state index in [-0.39, 0.29) is 12.4 Å². The van der Waals surface area contributed by atoms with Gasteiger partial charge in [-0.25, -0.2) is 14.3 Å². The summed E-state index contributed by atoms with van der Waals surface area (Å²) in [7, 11) is 0. The second kappa shape index (κ2) is 7.99. The molecule has 0 radical (unpaired) electrons. The molecule has 0 atom stereocenters. The first-order valence-corrected chi connectivity index (χ1v) is 9.42. The zero-order valence-electron chi connectivity index (χ0n) is 14.4. The lowest BCUT2D eigenvalue weighted by Gasteiger charge is -2.07. The molecule has 0 unspecified atom stereocenters. The van der Waals surface area contributed by atoms with Gasteiger partial charge in [-0.3, -0.25) is 0 Å². The van der Waals surface area contributed by atoms with Crippen molar-refractivity contribution in [2.45, 2.75) is 13.2 Å². The second-order valence-electron chi connectivity index (χ2n) is 5.87. The standard InChI is InChI=1S/C18H14BrClN6O2/c19-17-7-13(26(23-17)18-16(20)5-2-6-21-18)10-25-9-12(22-24-25)11-28-15-4-1-3-14(27)8-15/h1-9,27H,10-11H2. The van der Waals surface area contributed by atoms with Crippen molar-refractivity contribution < 1.29 is 9.84 Å². The van der Waals surface area contributed by atoms with Crippen LogP contribution in [0.4, 0.5) is 0 Å². The van der Waals surface area contributed by atoms with E-state index in [1.54, 1.807) is 52.1 Å². The molecule has 0 fully saturated rings. The number of rotatable bonds is 6. The molecular weight excluding hydrogens is 448 g/mol. The van der Waals surface area contributed by atoms with Gasteiger partial charge in [0.2, 0.25) is 0 Å². The highest BCUT2D eigenvalue weighted by molar-refractivity contribution is 9.10. The molecule has 0 aliphatic carbocycles. The van der Waals surface area contributed by atoms with Gasteiger partial charge in [0.1, 0.15) is 28.4 Å². The summed E-state index contributed by atoms with van der Waals surface area (Å²) in [6, 6.07) is 12.0. The lowest BCUT2D eigenvalue weighted by molar-refractivity contribution is 0.299. The van der Waals surface area contributed by atoms with E-state index >= 15 is 0 Å². The molecule has 1 aromatic carbocycles. The van der Waals surface area contributed by atoms with Crippen molar-refractivity contribution in [1.82, 2.24) is 29.8 Å². The van der Waals surface area contributed by atoms with Crippen LogP contribution in [0, 0.1) is 0 Å². The molecule has 0 saturated carbocycles. The number of pyridine rings is 1. The van der Waals surface area contributed by atoms with Crippen LogP contribution in [-0.2, 0) is 13.2 Å². The number of aromatic nitrogens is 6. The van der Waals surface area contributed by atoms with Crippen molar-refractivity contribution in [1.29, 1.82) is 0 Å². The normalized spacial score (nSPS) is 10.9. The molecule has 1 N–H and O–H groups in total. The van der Waals surface area contributed by atoms with Gasteiger partial charge in [-0.1, -0.05) is 22.9 Å². The topological polar surface area (TPSA) is 90.9 Å². The van der Waals surface area contributed by atoms with Gasteiger partial charge in [0.25, 0.3) is 0 Å². The van der Waals surface area contributed by atoms with Crippen molar-refractivity contribution in [2.75, 3.05) is 0 Å². The van der Waals surface area contributed by atoms with Gasteiger partial charge in [0.05, 0.1) is 23.5 Å². The lowest BCUT2D eigenvalue weighted by Crippen LogP contribution is -2.09. The summed E-state index contributed by atoms with van der Waals surface area (Å²) in [5.74, 6) is 1.24. The van der Waals surface area contributed by atoms with Gasteiger partial charge in [-0.15, -0.1) is 5.10 Å². The molecule has 0 saturated heterocycles. The van der Waals surface area contributed by atoms with Crippen molar-refractivity contribution in [3.63, 3.8) is 0 Å². The van der Waals surface area contributed by atoms with E-state index in [1.165, 1.54) is 6.07 Å². The molecule has 0 aliphatic heterocycles. The SMILES string of the molecule is Oc1cccc(OCc2cn(Cc3cc(Br)nn3-c3ncccc3Cl)nn2)c1. The molecule has 3 heterocycles. The maximum atomic E-state index is 9.48. The Morgan fingerprint density at radius 1 is 1.18 bits per heavy atom. The van der Waals surface area contributed by atoms with Gasteiger partial charge < -0.3 is 9.84 Å². The minimum Gasteiger partial charge on any atom is -0.508 e. The molecule has 8 nitrogen and oxygen atoms in total. The monoisotopic (exact) mass is 460 g/mol. The second-order valence-corrected chi connectivity index (χ2v) is 7.09. The lowest BCUT2D eigenvalue weighted by atomic mass is 10.3. The molecule has 28 heavy (non-hydrogen) atoms. The molecule has 0 amide bonds. The van der Waals surface area contributed by atoms with Crippen LogP contribution in [0.5, 0.6) is 11.5 Å². The number of phenols is 1. The zero-order valence-corrected chi connectivity index (χ0v) is 16.7. The van der Waals surface area contributed by atoms with Crippen LogP contribution in [-0.4, -0.2) is 34.9 Å². The van der Waals surface area contributed by atoms with Crippen LogP contribution in [0.3, 0.4) is 0 Å². The predicted molar refractivity (Wildman–Crippen MR) is 106 cm³/mol. The molecule has 0 aliphatic rings. The number of hydrogen-bond donors (Lipinski definition) is 1. The summed E-state index contributed by atoms with van der Waals surface area (Å²) in [6.45, 7) is 0.656. The Hall–Kier alpha value is -2.91. The highest BCUT2D eigenvalue weighted by Crippen LogP contribution is 2.22. The van der Waals surface area contributed by atoms with Crippen LogP contribution in [0.15, 0.2) is 59.5 Å². The molecule has 10 heteroatoms. The number of nitrogens with zero attached hydrogens (tertiary/aromatic N) is 6. The fourth-order valence-corrected chi connectivity index (χ4v) is 3.22. The fourth-order valence-electron chi connectivity index (χ4n) is 2.59. The Morgan fingerprint density at radius 2 is 2.07 bits per heavy atom. The highest BCUT2D eigenvalue weighted by atomic mass is 79.9. The van der Waals surface area contributed by atoms with Gasteiger partial charge >= 0.3 is 0 Å². The Kier molecular flexibility index (Phi) is 5.27. The number of benzene rings is 1. The Labute approximate surface area is 173 Å². The average Bonchev–Trinajstić information content (AvgIpc) is 3.27. The molecule has 3 aromatic heterocycles. The van der Waals surface area contributed by atoms with Crippen LogP contribution in [0.1, 0.15) is 11.4 Å². The predicted octanol–water partition coefficient (Wildman–Crippen LogP) is 3.61. The van der Waals surface area contributed by atoms with Crippen LogP contribution in [0.25, 0.3) is 5.82 Å². The van der Waals surface area contributed by atoms with E-state index in [4.69, 9.17) is 16.3 Å². The summed E-state index contributed by atoms with van der Waals surface area (Å²) in [6.07, 6.45) is 3.45. The molecule has 4 aromatic rings. The maximum absolute atomic E-state index is 9.48.